The molecule has 0 radical (unpaired) electrons. The molecule has 8 nitrogen and oxygen atoms in total. The molecule has 0 aliphatic rings. The minimum Gasteiger partial charge on any atom is -0.358 e. The Morgan fingerprint density at radius 2 is 1.66 bits per heavy atom. The molecule has 0 bridgehead atoms. The highest BCUT2D eigenvalue weighted by Gasteiger charge is 2.38. The van der Waals surface area contributed by atoms with E-state index in [0.717, 1.165) is 22.7 Å². The minimum atomic E-state index is -5.13. The van der Waals surface area contributed by atoms with Crippen LogP contribution in [-0.4, -0.2) is 37.5 Å². The Morgan fingerprint density at radius 1 is 1.09 bits per heavy atom. The summed E-state index contributed by atoms with van der Waals surface area (Å²) in [5, 5.41) is 15.1. The van der Waals surface area contributed by atoms with Gasteiger partial charge in [-0.05, 0) is 58.1 Å². The van der Waals surface area contributed by atoms with Gasteiger partial charge in [0.15, 0.2) is 5.82 Å². The Balaban J connectivity index is 2.06. The lowest BCUT2D eigenvalue weighted by molar-refractivity contribution is -0.389. The van der Waals surface area contributed by atoms with Gasteiger partial charge in [0.1, 0.15) is 0 Å². The molecular formula is C20H14BrF6N5O3. The summed E-state index contributed by atoms with van der Waals surface area (Å²) in [6, 6.07) is 3.54. The van der Waals surface area contributed by atoms with E-state index in [0.29, 0.717) is 16.6 Å². The van der Waals surface area contributed by atoms with Crippen LogP contribution in [0, 0.1) is 10.1 Å². The molecule has 1 unspecified atom stereocenters. The van der Waals surface area contributed by atoms with E-state index in [-0.39, 0.29) is 17.6 Å². The fourth-order valence-corrected chi connectivity index (χ4v) is 3.34. The van der Waals surface area contributed by atoms with Crippen LogP contribution in [0.4, 0.5) is 32.2 Å². The molecule has 0 fully saturated rings. The summed E-state index contributed by atoms with van der Waals surface area (Å²) in [5.41, 5.74) is -4.10. The number of aromatic nitrogens is 3. The molecule has 186 valence electrons. The average molecular weight is 566 g/mol. The van der Waals surface area contributed by atoms with Crippen molar-refractivity contribution in [2.24, 2.45) is 0 Å². The summed E-state index contributed by atoms with van der Waals surface area (Å²) in [6.07, 6.45) is -8.88. The molecule has 3 aromatic rings. The number of alkyl halides is 6. The summed E-state index contributed by atoms with van der Waals surface area (Å²) in [7, 11) is 1.14. The number of nitro groups is 1. The van der Waals surface area contributed by atoms with Gasteiger partial charge >= 0.3 is 18.2 Å². The summed E-state index contributed by atoms with van der Waals surface area (Å²) in [5.74, 6) is -1.65. The Labute approximate surface area is 201 Å². The number of halogens is 7. The van der Waals surface area contributed by atoms with Gasteiger partial charge in [0.2, 0.25) is 0 Å². The van der Waals surface area contributed by atoms with Crippen molar-refractivity contribution >= 4 is 27.7 Å². The molecule has 0 N–H and O–H groups in total. The second-order valence-electron chi connectivity index (χ2n) is 7.32. The van der Waals surface area contributed by atoms with Crippen LogP contribution >= 0.6 is 15.9 Å². The second kappa shape index (κ2) is 9.28. The van der Waals surface area contributed by atoms with Crippen molar-refractivity contribution in [3.8, 4) is 5.82 Å². The third kappa shape index (κ3) is 5.61. The number of nitrogens with zero attached hydrogens (tertiary/aromatic N) is 5. The van der Waals surface area contributed by atoms with Crippen LogP contribution < -0.4 is 0 Å². The van der Waals surface area contributed by atoms with Crippen molar-refractivity contribution < 1.29 is 36.1 Å². The van der Waals surface area contributed by atoms with Crippen LogP contribution in [0.2, 0.25) is 0 Å². The van der Waals surface area contributed by atoms with E-state index < -0.39 is 51.7 Å². The largest absolute Gasteiger partial charge is 0.416 e. The summed E-state index contributed by atoms with van der Waals surface area (Å²) >= 11 is 3.19. The Morgan fingerprint density at radius 3 is 2.11 bits per heavy atom. The molecule has 1 aromatic carbocycles. The summed E-state index contributed by atoms with van der Waals surface area (Å²) in [6.45, 7) is 1.38. The predicted molar refractivity (Wildman–Crippen MR) is 113 cm³/mol. The van der Waals surface area contributed by atoms with E-state index in [9.17, 15) is 41.3 Å². The molecule has 2 heterocycles. The van der Waals surface area contributed by atoms with Crippen molar-refractivity contribution in [3.05, 3.63) is 79.6 Å². The zero-order valence-electron chi connectivity index (χ0n) is 17.7. The Hall–Kier alpha value is -3.49. The number of carbonyl (C=O) groups excluding carboxylic acids is 1. The molecule has 15 heteroatoms. The molecule has 0 saturated heterocycles. The van der Waals surface area contributed by atoms with Crippen molar-refractivity contribution in [3.63, 3.8) is 0 Å². The van der Waals surface area contributed by atoms with Gasteiger partial charge in [0.05, 0.1) is 34.0 Å². The molecule has 0 aliphatic carbocycles. The minimum absolute atomic E-state index is 0.0467. The molecule has 1 atom stereocenters. The monoisotopic (exact) mass is 565 g/mol. The topological polar surface area (TPSA) is 94.2 Å². The third-order valence-corrected chi connectivity index (χ3v) is 5.47. The van der Waals surface area contributed by atoms with Gasteiger partial charge in [0, 0.05) is 23.3 Å². The van der Waals surface area contributed by atoms with Crippen molar-refractivity contribution in [2.45, 2.75) is 25.3 Å². The maximum absolute atomic E-state index is 13.2. The van der Waals surface area contributed by atoms with Gasteiger partial charge in [-0.2, -0.15) is 26.3 Å². The van der Waals surface area contributed by atoms with Crippen molar-refractivity contribution in [2.75, 3.05) is 7.05 Å². The molecule has 0 aliphatic heterocycles. The van der Waals surface area contributed by atoms with Crippen molar-refractivity contribution in [1.29, 1.82) is 0 Å². The van der Waals surface area contributed by atoms with Gasteiger partial charge in [-0.15, -0.1) is 4.68 Å². The molecule has 0 spiro atoms. The van der Waals surface area contributed by atoms with Crippen molar-refractivity contribution in [1.82, 2.24) is 19.7 Å². The highest BCUT2D eigenvalue weighted by molar-refractivity contribution is 9.10. The fourth-order valence-electron chi connectivity index (χ4n) is 3.10. The number of carbonyl (C=O) groups is 1. The van der Waals surface area contributed by atoms with Gasteiger partial charge in [-0.3, -0.25) is 4.79 Å². The van der Waals surface area contributed by atoms with E-state index in [4.69, 9.17) is 0 Å². The molecule has 0 saturated carbocycles. The Bertz CT molecular complexity index is 1240. The van der Waals surface area contributed by atoms with Gasteiger partial charge in [0.25, 0.3) is 5.91 Å². The molecule has 3 rings (SSSR count). The van der Waals surface area contributed by atoms with Crippen LogP contribution in [-0.2, 0) is 12.4 Å². The zero-order chi connectivity index (χ0) is 26.3. The summed E-state index contributed by atoms with van der Waals surface area (Å²) in [4.78, 5) is 28.4. The van der Waals surface area contributed by atoms with Gasteiger partial charge in [-0.1, -0.05) is 0 Å². The lowest BCUT2D eigenvalue weighted by Crippen LogP contribution is -2.31. The first kappa shape index (κ1) is 26.1. The highest BCUT2D eigenvalue weighted by Crippen LogP contribution is 2.37. The average Bonchev–Trinajstić information content (AvgIpc) is 3.22. The van der Waals surface area contributed by atoms with Gasteiger partial charge in [-0.25, -0.2) is 4.98 Å². The second-order valence-corrected chi connectivity index (χ2v) is 8.23. The van der Waals surface area contributed by atoms with E-state index in [1.165, 1.54) is 19.2 Å². The number of hydrogen-bond acceptors (Lipinski definition) is 5. The van der Waals surface area contributed by atoms with Crippen LogP contribution in [0.5, 0.6) is 0 Å². The lowest BCUT2D eigenvalue weighted by atomic mass is 10.0. The third-order valence-electron chi connectivity index (χ3n) is 5.00. The van der Waals surface area contributed by atoms with E-state index >= 15 is 0 Å². The normalized spacial score (nSPS) is 12.9. The number of benzene rings is 1. The first-order valence-corrected chi connectivity index (χ1v) is 10.3. The quantitative estimate of drug-likeness (QED) is 0.221. The van der Waals surface area contributed by atoms with E-state index in [1.54, 1.807) is 6.07 Å². The molecule has 2 aromatic heterocycles. The number of hydrogen-bond donors (Lipinski definition) is 0. The molecule has 1 amide bonds. The van der Waals surface area contributed by atoms with E-state index in [2.05, 4.69) is 26.0 Å². The number of amides is 1. The Kier molecular flexibility index (Phi) is 6.93. The fraction of sp³-hybridized carbons (Fsp3) is 0.250. The maximum atomic E-state index is 13.2. The lowest BCUT2D eigenvalue weighted by Gasteiger charge is -2.25. The maximum Gasteiger partial charge on any atom is 0.416 e. The van der Waals surface area contributed by atoms with E-state index in [1.807, 2.05) is 0 Å². The smallest absolute Gasteiger partial charge is 0.358 e. The van der Waals surface area contributed by atoms with Crippen LogP contribution in [0.3, 0.4) is 0 Å². The first-order chi connectivity index (χ1) is 16.1. The first-order valence-electron chi connectivity index (χ1n) is 9.52. The highest BCUT2D eigenvalue weighted by atomic mass is 79.9. The standard InChI is InChI=1S/C20H14BrF6N5O3/c1-10(15-8-17(32(34)35)29-31(15)16-4-3-14(21)9-28-16)30(2)18(33)11-5-12(19(22,23)24)7-13(6-11)20(25,26)27/h3-10H,1-2H3. The SMILES string of the molecule is CC(c1cc([N+](=O)[O-])nn1-c1ccc(Br)cn1)N(C)C(=O)c1cc(C(F)(F)F)cc(C(F)(F)F)c1. The number of pyridine rings is 1. The molecule has 35 heavy (non-hydrogen) atoms. The number of rotatable bonds is 5. The zero-order valence-corrected chi connectivity index (χ0v) is 19.3. The molecular weight excluding hydrogens is 552 g/mol. The van der Waals surface area contributed by atoms with Crippen LogP contribution in [0.25, 0.3) is 5.82 Å². The van der Waals surface area contributed by atoms with Crippen LogP contribution in [0.15, 0.2) is 47.1 Å². The van der Waals surface area contributed by atoms with Crippen LogP contribution in [0.1, 0.15) is 40.1 Å². The summed E-state index contributed by atoms with van der Waals surface area (Å²) < 4.78 is 80.8. The predicted octanol–water partition coefficient (Wildman–Crippen LogP) is 5.81. The van der Waals surface area contributed by atoms with Gasteiger partial charge < -0.3 is 15.0 Å².